The first-order valence-corrected chi connectivity index (χ1v) is 9.73. The molecule has 0 heterocycles. The van der Waals surface area contributed by atoms with Gasteiger partial charge in [-0.3, -0.25) is 0 Å². The van der Waals surface area contributed by atoms with Crippen molar-refractivity contribution in [1.82, 2.24) is 0 Å². The summed E-state index contributed by atoms with van der Waals surface area (Å²) in [6.45, 7) is 7.95. The van der Waals surface area contributed by atoms with Gasteiger partial charge in [0.2, 0.25) is 0 Å². The van der Waals surface area contributed by atoms with E-state index in [1.807, 2.05) is 25.1 Å². The van der Waals surface area contributed by atoms with Crippen LogP contribution in [0.2, 0.25) is 0 Å². The molecule has 0 aliphatic heterocycles. The summed E-state index contributed by atoms with van der Waals surface area (Å²) in [4.78, 5) is 10.8. The Morgan fingerprint density at radius 2 is 1.89 bits per heavy atom. The first-order valence-electron chi connectivity index (χ1n) is 9.73. The smallest absolute Gasteiger partial charge is 0.129 e. The molecule has 0 bridgehead atoms. The molecule has 0 radical (unpaired) electrons. The van der Waals surface area contributed by atoms with E-state index < -0.39 is 0 Å². The molecule has 1 nitrogen and oxygen atoms in total. The monoisotopic (exact) mass is 362 g/mol. The first-order chi connectivity index (χ1) is 13.0. The van der Waals surface area contributed by atoms with Crippen LogP contribution in [0.3, 0.4) is 0 Å². The molecule has 1 aromatic carbocycles. The normalized spacial score (nSPS) is 12.4. The van der Waals surface area contributed by atoms with Crippen LogP contribution >= 0.6 is 0 Å². The van der Waals surface area contributed by atoms with Crippen LogP contribution in [0.1, 0.15) is 58.9 Å². The molecule has 0 spiro atoms. The molecular weight excluding hydrogens is 328 g/mol. The summed E-state index contributed by atoms with van der Waals surface area (Å²) in [5.74, 6) is 9.80. The van der Waals surface area contributed by atoms with Gasteiger partial charge in [-0.25, -0.2) is 0 Å². The number of hydrogen-bond acceptors (Lipinski definition) is 1. The SMILES string of the molecule is C#C/C=C/C=C/[C@@H](C)[C@@H](C)CCCC(C)=O.CC#CCCc1ccccc1. The van der Waals surface area contributed by atoms with Crippen LogP contribution in [0.15, 0.2) is 54.6 Å². The number of ketones is 1. The zero-order valence-electron chi connectivity index (χ0n) is 17.4. The maximum atomic E-state index is 10.8. The molecular formula is C26H34O. The molecule has 0 saturated heterocycles. The predicted octanol–water partition coefficient (Wildman–Crippen LogP) is 6.41. The van der Waals surface area contributed by atoms with E-state index in [-0.39, 0.29) is 5.78 Å². The van der Waals surface area contributed by atoms with Gasteiger partial charge in [0.25, 0.3) is 0 Å². The van der Waals surface area contributed by atoms with Crippen molar-refractivity contribution < 1.29 is 4.79 Å². The lowest BCUT2D eigenvalue weighted by molar-refractivity contribution is -0.117. The third kappa shape index (κ3) is 15.5. The minimum atomic E-state index is 0.285. The van der Waals surface area contributed by atoms with Gasteiger partial charge in [-0.1, -0.05) is 68.3 Å². The molecule has 1 aromatic rings. The molecule has 27 heavy (non-hydrogen) atoms. The van der Waals surface area contributed by atoms with E-state index in [9.17, 15) is 4.79 Å². The summed E-state index contributed by atoms with van der Waals surface area (Å²) in [6, 6.07) is 10.4. The average Bonchev–Trinajstić information content (AvgIpc) is 2.66. The van der Waals surface area contributed by atoms with Crippen molar-refractivity contribution in [3.63, 3.8) is 0 Å². The summed E-state index contributed by atoms with van der Waals surface area (Å²) in [6.07, 6.45) is 17.7. The fourth-order valence-corrected chi connectivity index (χ4v) is 2.45. The quantitative estimate of drug-likeness (QED) is 0.366. The number of allylic oxidation sites excluding steroid dienone is 4. The van der Waals surface area contributed by atoms with E-state index >= 15 is 0 Å². The fourth-order valence-electron chi connectivity index (χ4n) is 2.45. The second kappa shape index (κ2) is 16.9. The topological polar surface area (TPSA) is 17.1 Å². The Kier molecular flexibility index (Phi) is 15.4. The van der Waals surface area contributed by atoms with Gasteiger partial charge in [0.1, 0.15) is 5.78 Å². The second-order valence-corrected chi connectivity index (χ2v) is 6.75. The number of benzene rings is 1. The number of hydrogen-bond donors (Lipinski definition) is 0. The molecule has 1 heteroatoms. The molecule has 144 valence electrons. The molecule has 0 amide bonds. The standard InChI is InChI=1S/C15H22O.C11H12/c1-5-6-7-8-10-13(2)14(3)11-9-12-15(4)16;1-2-3-5-8-11-9-6-4-7-10-11/h1,6-8,10,13-14H,9,11-12H2,2-4H3;4,6-7,9-10H,5,8H2,1H3/b7-6+,10-8+;/t13-,14+;/m1./s1. The summed E-state index contributed by atoms with van der Waals surface area (Å²) < 4.78 is 0. The number of aryl methyl sites for hydroxylation is 1. The average molecular weight is 363 g/mol. The van der Waals surface area contributed by atoms with Crippen LogP contribution in [-0.2, 0) is 11.2 Å². The van der Waals surface area contributed by atoms with Crippen molar-refractivity contribution in [2.24, 2.45) is 11.8 Å². The Morgan fingerprint density at radius 1 is 1.19 bits per heavy atom. The lowest BCUT2D eigenvalue weighted by atomic mass is 9.90. The Labute approximate surface area is 167 Å². The molecule has 0 saturated carbocycles. The minimum Gasteiger partial charge on any atom is -0.300 e. The van der Waals surface area contributed by atoms with Crippen LogP contribution in [0.25, 0.3) is 0 Å². The molecule has 0 fully saturated rings. The molecule has 0 aliphatic carbocycles. The Hall–Kier alpha value is -2.51. The molecule has 0 unspecified atom stereocenters. The van der Waals surface area contributed by atoms with E-state index in [0.717, 1.165) is 25.7 Å². The largest absolute Gasteiger partial charge is 0.300 e. The molecule has 0 aromatic heterocycles. The van der Waals surface area contributed by atoms with Gasteiger partial charge in [-0.05, 0) is 56.6 Å². The van der Waals surface area contributed by atoms with E-state index in [1.54, 1.807) is 13.0 Å². The van der Waals surface area contributed by atoms with Crippen molar-refractivity contribution in [2.45, 2.75) is 59.8 Å². The second-order valence-electron chi connectivity index (χ2n) is 6.75. The van der Waals surface area contributed by atoms with Gasteiger partial charge in [-0.2, -0.15) is 0 Å². The highest BCUT2D eigenvalue weighted by molar-refractivity contribution is 5.75. The van der Waals surface area contributed by atoms with Gasteiger partial charge in [-0.15, -0.1) is 18.3 Å². The zero-order chi connectivity index (χ0) is 20.3. The van der Waals surface area contributed by atoms with E-state index in [2.05, 4.69) is 62.0 Å². The van der Waals surface area contributed by atoms with E-state index in [1.165, 1.54) is 5.56 Å². The van der Waals surface area contributed by atoms with Crippen molar-refractivity contribution in [3.8, 4) is 24.2 Å². The minimum absolute atomic E-state index is 0.285. The number of carbonyl (C=O) groups excluding carboxylic acids is 1. The van der Waals surface area contributed by atoms with Gasteiger partial charge in [0.15, 0.2) is 0 Å². The number of Topliss-reactive ketones (excluding diaryl/α,β-unsaturated/α-hetero) is 1. The predicted molar refractivity (Wildman–Crippen MR) is 118 cm³/mol. The van der Waals surface area contributed by atoms with Crippen LogP contribution in [0.5, 0.6) is 0 Å². The van der Waals surface area contributed by atoms with Crippen LogP contribution in [-0.4, -0.2) is 5.78 Å². The van der Waals surface area contributed by atoms with Gasteiger partial charge in [0, 0.05) is 12.8 Å². The highest BCUT2D eigenvalue weighted by atomic mass is 16.1. The molecule has 1 rings (SSSR count). The summed E-state index contributed by atoms with van der Waals surface area (Å²) >= 11 is 0. The highest BCUT2D eigenvalue weighted by Crippen LogP contribution is 2.19. The van der Waals surface area contributed by atoms with Crippen molar-refractivity contribution in [3.05, 3.63) is 60.2 Å². The fraction of sp³-hybridized carbons (Fsp3) is 0.423. The van der Waals surface area contributed by atoms with Gasteiger partial charge >= 0.3 is 0 Å². The summed E-state index contributed by atoms with van der Waals surface area (Å²) in [5, 5.41) is 0. The van der Waals surface area contributed by atoms with Crippen molar-refractivity contribution in [1.29, 1.82) is 0 Å². The zero-order valence-corrected chi connectivity index (χ0v) is 17.4. The third-order valence-electron chi connectivity index (χ3n) is 4.36. The Bertz CT molecular complexity index is 662. The highest BCUT2D eigenvalue weighted by Gasteiger charge is 2.08. The van der Waals surface area contributed by atoms with E-state index in [0.29, 0.717) is 18.3 Å². The molecule has 0 N–H and O–H groups in total. The van der Waals surface area contributed by atoms with Crippen LogP contribution < -0.4 is 0 Å². The van der Waals surface area contributed by atoms with Crippen molar-refractivity contribution in [2.75, 3.05) is 0 Å². The maximum absolute atomic E-state index is 10.8. The third-order valence-corrected chi connectivity index (χ3v) is 4.36. The molecule has 0 aliphatic rings. The number of rotatable bonds is 9. The maximum Gasteiger partial charge on any atom is 0.129 e. The molecule has 2 atom stereocenters. The van der Waals surface area contributed by atoms with Crippen molar-refractivity contribution >= 4 is 5.78 Å². The Balaban J connectivity index is 0.000000533. The van der Waals surface area contributed by atoms with E-state index in [4.69, 9.17) is 6.42 Å². The number of terminal acetylenes is 1. The van der Waals surface area contributed by atoms with Crippen LogP contribution in [0, 0.1) is 36.0 Å². The van der Waals surface area contributed by atoms with Gasteiger partial charge < -0.3 is 4.79 Å². The first kappa shape index (κ1) is 24.5. The number of carbonyl (C=O) groups is 1. The Morgan fingerprint density at radius 3 is 2.48 bits per heavy atom. The summed E-state index contributed by atoms with van der Waals surface area (Å²) in [5.41, 5.74) is 1.37. The summed E-state index contributed by atoms with van der Waals surface area (Å²) in [7, 11) is 0. The lowest BCUT2D eigenvalue weighted by Gasteiger charge is -2.15. The van der Waals surface area contributed by atoms with Crippen LogP contribution in [0.4, 0.5) is 0 Å². The lowest BCUT2D eigenvalue weighted by Crippen LogP contribution is -2.05. The van der Waals surface area contributed by atoms with Gasteiger partial charge in [0.05, 0.1) is 0 Å².